The summed E-state index contributed by atoms with van der Waals surface area (Å²) >= 11 is 0. The summed E-state index contributed by atoms with van der Waals surface area (Å²) in [4.78, 5) is 2.09. The van der Waals surface area contributed by atoms with Gasteiger partial charge in [0.15, 0.2) is 0 Å². The van der Waals surface area contributed by atoms with Crippen molar-refractivity contribution in [2.24, 2.45) is 5.73 Å². The van der Waals surface area contributed by atoms with Crippen LogP contribution in [0.3, 0.4) is 0 Å². The normalized spacial score (nSPS) is 19.6. The molecule has 118 valence electrons. The molecule has 1 aromatic carbocycles. The van der Waals surface area contributed by atoms with Crippen molar-refractivity contribution in [1.29, 1.82) is 0 Å². The van der Waals surface area contributed by atoms with E-state index in [4.69, 9.17) is 5.73 Å². The summed E-state index contributed by atoms with van der Waals surface area (Å²) in [5.41, 5.74) is 7.44. The Balaban J connectivity index is 1.87. The zero-order valence-electron chi connectivity index (χ0n) is 12.3. The molecule has 0 bridgehead atoms. The van der Waals surface area contributed by atoms with Gasteiger partial charge in [0, 0.05) is 39.3 Å². The first-order valence-electron chi connectivity index (χ1n) is 7.04. The van der Waals surface area contributed by atoms with E-state index in [1.807, 2.05) is 24.3 Å². The summed E-state index contributed by atoms with van der Waals surface area (Å²) in [5.74, 6) is 0. The highest BCUT2D eigenvalue weighted by atomic mass is 32.2. The topological polar surface area (TPSA) is 86.9 Å². The molecule has 6 nitrogen and oxygen atoms in total. The molecular formula is C14H23N3O3S. The zero-order chi connectivity index (χ0) is 15.5. The molecule has 1 aliphatic heterocycles. The minimum atomic E-state index is -3.11. The Kier molecular flexibility index (Phi) is 5.34. The summed E-state index contributed by atoms with van der Waals surface area (Å²) in [7, 11) is -3.11. The molecule has 3 N–H and O–H groups in total. The van der Waals surface area contributed by atoms with Crippen molar-refractivity contribution < 1.29 is 13.5 Å². The van der Waals surface area contributed by atoms with Crippen LogP contribution in [0.25, 0.3) is 0 Å². The van der Waals surface area contributed by atoms with Crippen molar-refractivity contribution in [3.8, 4) is 0 Å². The Bertz CT molecular complexity index is 551. The van der Waals surface area contributed by atoms with Crippen LogP contribution < -0.4 is 5.73 Å². The lowest BCUT2D eigenvalue weighted by Gasteiger charge is -2.34. The van der Waals surface area contributed by atoms with E-state index in [-0.39, 0.29) is 0 Å². The molecule has 1 heterocycles. The molecule has 0 aliphatic carbocycles. The van der Waals surface area contributed by atoms with E-state index < -0.39 is 16.1 Å². The molecule has 2 rings (SSSR count). The average molecular weight is 313 g/mol. The predicted octanol–water partition coefficient (Wildman–Crippen LogP) is -0.244. The molecule has 7 heteroatoms. The third-order valence-corrected chi connectivity index (χ3v) is 5.13. The lowest BCUT2D eigenvalue weighted by atomic mass is 10.1. The number of sulfonamides is 1. The van der Waals surface area contributed by atoms with Crippen LogP contribution >= 0.6 is 0 Å². The Morgan fingerprint density at radius 2 is 1.76 bits per heavy atom. The fourth-order valence-electron chi connectivity index (χ4n) is 2.47. The molecular weight excluding hydrogens is 290 g/mol. The molecule has 1 aliphatic rings. The molecule has 0 radical (unpaired) electrons. The molecule has 1 aromatic rings. The van der Waals surface area contributed by atoms with Gasteiger partial charge in [-0.25, -0.2) is 8.42 Å². The predicted molar refractivity (Wildman–Crippen MR) is 82.2 cm³/mol. The van der Waals surface area contributed by atoms with E-state index in [1.54, 1.807) is 0 Å². The number of aliphatic hydroxyl groups excluding tert-OH is 1. The molecule has 1 saturated heterocycles. The van der Waals surface area contributed by atoms with Gasteiger partial charge in [-0.2, -0.15) is 4.31 Å². The van der Waals surface area contributed by atoms with E-state index in [9.17, 15) is 13.5 Å². The number of β-amino-alcohol motifs (C(OH)–C–C–N with tert-alkyl or cyclic N) is 1. The monoisotopic (exact) mass is 313 g/mol. The first kappa shape index (κ1) is 16.4. The third-order valence-electron chi connectivity index (χ3n) is 3.83. The van der Waals surface area contributed by atoms with Gasteiger partial charge in [-0.1, -0.05) is 24.3 Å². The van der Waals surface area contributed by atoms with Gasteiger partial charge in [0.05, 0.1) is 12.4 Å². The number of aliphatic hydroxyl groups is 1. The Labute approximate surface area is 126 Å². The van der Waals surface area contributed by atoms with Crippen molar-refractivity contribution in [1.82, 2.24) is 9.21 Å². The lowest BCUT2D eigenvalue weighted by molar-refractivity contribution is 0.0922. The van der Waals surface area contributed by atoms with Gasteiger partial charge in [-0.15, -0.1) is 0 Å². The van der Waals surface area contributed by atoms with E-state index in [1.165, 1.54) is 10.6 Å². The second kappa shape index (κ2) is 6.85. The van der Waals surface area contributed by atoms with Gasteiger partial charge in [-0.05, 0) is 11.1 Å². The number of piperazine rings is 1. The summed E-state index contributed by atoms with van der Waals surface area (Å²) in [6.07, 6.45) is 0.665. The molecule has 0 spiro atoms. The highest BCUT2D eigenvalue weighted by Crippen LogP contribution is 2.16. The minimum absolute atomic E-state index is 0.484. The summed E-state index contributed by atoms with van der Waals surface area (Å²) in [6.45, 7) is 3.26. The second-order valence-corrected chi connectivity index (χ2v) is 7.41. The van der Waals surface area contributed by atoms with Gasteiger partial charge in [0.25, 0.3) is 0 Å². The maximum absolute atomic E-state index is 11.4. The van der Waals surface area contributed by atoms with Crippen LogP contribution in [0.15, 0.2) is 24.3 Å². The summed E-state index contributed by atoms with van der Waals surface area (Å²) in [5, 5.41) is 10.3. The fourth-order valence-corrected chi connectivity index (χ4v) is 3.30. The number of nitrogens with two attached hydrogens (primary N) is 1. The molecule has 0 saturated carbocycles. The number of hydrogen-bond donors (Lipinski definition) is 2. The second-order valence-electron chi connectivity index (χ2n) is 5.42. The summed E-state index contributed by atoms with van der Waals surface area (Å²) < 4.78 is 24.4. The smallest absolute Gasteiger partial charge is 0.211 e. The SMILES string of the molecule is CS(=O)(=O)N1CCN(CC(O)c2ccc(CN)cc2)CC1. The average Bonchev–Trinajstić information content (AvgIpc) is 2.47. The minimum Gasteiger partial charge on any atom is -0.387 e. The van der Waals surface area contributed by atoms with Gasteiger partial charge in [-0.3, -0.25) is 4.90 Å². The summed E-state index contributed by atoms with van der Waals surface area (Å²) in [6, 6.07) is 7.61. The fraction of sp³-hybridized carbons (Fsp3) is 0.571. The quantitative estimate of drug-likeness (QED) is 0.783. The Morgan fingerprint density at radius 3 is 2.24 bits per heavy atom. The van der Waals surface area contributed by atoms with Crippen LogP contribution in [0.4, 0.5) is 0 Å². The van der Waals surface area contributed by atoms with Crippen molar-refractivity contribution in [2.45, 2.75) is 12.6 Å². The van der Waals surface area contributed by atoms with Gasteiger partial charge in [0.1, 0.15) is 0 Å². The van der Waals surface area contributed by atoms with Crippen molar-refractivity contribution in [3.63, 3.8) is 0 Å². The number of benzene rings is 1. The Morgan fingerprint density at radius 1 is 1.19 bits per heavy atom. The van der Waals surface area contributed by atoms with Crippen LogP contribution in [-0.2, 0) is 16.6 Å². The highest BCUT2D eigenvalue weighted by molar-refractivity contribution is 7.88. The van der Waals surface area contributed by atoms with Gasteiger partial charge in [0.2, 0.25) is 10.0 Å². The van der Waals surface area contributed by atoms with Crippen molar-refractivity contribution in [3.05, 3.63) is 35.4 Å². The molecule has 1 fully saturated rings. The molecule has 21 heavy (non-hydrogen) atoms. The molecule has 1 unspecified atom stereocenters. The van der Waals surface area contributed by atoms with Gasteiger partial charge < -0.3 is 10.8 Å². The first-order valence-corrected chi connectivity index (χ1v) is 8.89. The van der Waals surface area contributed by atoms with E-state index in [0.29, 0.717) is 39.3 Å². The molecule has 1 atom stereocenters. The van der Waals surface area contributed by atoms with E-state index in [0.717, 1.165) is 11.1 Å². The number of hydrogen-bond acceptors (Lipinski definition) is 5. The highest BCUT2D eigenvalue weighted by Gasteiger charge is 2.24. The Hall–Kier alpha value is -0.990. The zero-order valence-corrected chi connectivity index (χ0v) is 13.1. The van der Waals surface area contributed by atoms with Crippen LogP contribution in [0, 0.1) is 0 Å². The van der Waals surface area contributed by atoms with Crippen molar-refractivity contribution in [2.75, 3.05) is 39.0 Å². The number of rotatable bonds is 5. The van der Waals surface area contributed by atoms with Crippen LogP contribution in [-0.4, -0.2) is 61.7 Å². The van der Waals surface area contributed by atoms with E-state index in [2.05, 4.69) is 4.90 Å². The maximum Gasteiger partial charge on any atom is 0.211 e. The van der Waals surface area contributed by atoms with Crippen LogP contribution in [0.5, 0.6) is 0 Å². The van der Waals surface area contributed by atoms with Crippen molar-refractivity contribution >= 4 is 10.0 Å². The number of nitrogens with zero attached hydrogens (tertiary/aromatic N) is 2. The maximum atomic E-state index is 11.4. The first-order chi connectivity index (χ1) is 9.90. The molecule has 0 aromatic heterocycles. The molecule has 0 amide bonds. The third kappa shape index (κ3) is 4.49. The van der Waals surface area contributed by atoms with Gasteiger partial charge >= 0.3 is 0 Å². The standard InChI is InChI=1S/C14H23N3O3S/c1-21(19,20)17-8-6-16(7-9-17)11-14(18)13-4-2-12(10-15)3-5-13/h2-5,14,18H,6-11,15H2,1H3. The lowest BCUT2D eigenvalue weighted by Crippen LogP contribution is -2.49. The van der Waals surface area contributed by atoms with Crippen LogP contribution in [0.1, 0.15) is 17.2 Å². The van der Waals surface area contributed by atoms with E-state index >= 15 is 0 Å². The largest absolute Gasteiger partial charge is 0.387 e. The van der Waals surface area contributed by atoms with Crippen LogP contribution in [0.2, 0.25) is 0 Å².